The van der Waals surface area contributed by atoms with Gasteiger partial charge in [-0.1, -0.05) is 55.3 Å². The molecule has 29 heavy (non-hydrogen) atoms. The zero-order valence-electron chi connectivity index (χ0n) is 16.8. The van der Waals surface area contributed by atoms with E-state index in [4.69, 9.17) is 17.3 Å². The Labute approximate surface area is 176 Å². The molecule has 4 heteroatoms. The number of rotatable bonds is 6. The number of aryl methyl sites for hydroxylation is 2. The Kier molecular flexibility index (Phi) is 5.33. The number of carbonyl (C=O) groups is 1. The average Bonchev–Trinajstić information content (AvgIpc) is 3.02. The van der Waals surface area contributed by atoms with Gasteiger partial charge in [-0.2, -0.15) is 0 Å². The quantitative estimate of drug-likeness (QED) is 0.406. The third-order valence-corrected chi connectivity index (χ3v) is 6.02. The third kappa shape index (κ3) is 3.63. The fourth-order valence-electron chi connectivity index (χ4n) is 4.02. The van der Waals surface area contributed by atoms with Crippen LogP contribution >= 0.6 is 11.6 Å². The number of unbranched alkanes of at least 4 members (excludes halogenated alkanes) is 1. The van der Waals surface area contributed by atoms with Crippen LogP contribution in [0.25, 0.3) is 21.8 Å². The van der Waals surface area contributed by atoms with Crippen molar-refractivity contribution in [3.63, 3.8) is 0 Å². The summed E-state index contributed by atoms with van der Waals surface area (Å²) in [5.74, 6) is -0.400. The Balaban J connectivity index is 1.96. The molecule has 0 unspecified atom stereocenters. The summed E-state index contributed by atoms with van der Waals surface area (Å²) in [5.41, 5.74) is 11.9. The van der Waals surface area contributed by atoms with Gasteiger partial charge < -0.3 is 10.3 Å². The van der Waals surface area contributed by atoms with E-state index in [2.05, 4.69) is 41.8 Å². The third-order valence-electron chi connectivity index (χ3n) is 5.62. The second-order valence-corrected chi connectivity index (χ2v) is 8.10. The highest BCUT2D eigenvalue weighted by Crippen LogP contribution is 2.33. The predicted molar refractivity (Wildman–Crippen MR) is 122 cm³/mol. The fraction of sp³-hybridized carbons (Fsp3) is 0.240. The largest absolute Gasteiger partial charge is 0.366 e. The van der Waals surface area contributed by atoms with Gasteiger partial charge in [0.2, 0.25) is 5.91 Å². The van der Waals surface area contributed by atoms with E-state index in [0.29, 0.717) is 12.1 Å². The van der Waals surface area contributed by atoms with Crippen molar-refractivity contribution in [2.75, 3.05) is 0 Å². The van der Waals surface area contributed by atoms with Gasteiger partial charge in [0, 0.05) is 33.4 Å². The van der Waals surface area contributed by atoms with Crippen molar-refractivity contribution in [2.45, 2.75) is 39.7 Å². The molecular formula is C25H25ClN2O. The molecule has 0 saturated carbocycles. The molecule has 1 aromatic heterocycles. The normalized spacial score (nSPS) is 11.4. The lowest BCUT2D eigenvalue weighted by atomic mass is 10.0. The first kappa shape index (κ1) is 19.5. The molecule has 3 nitrogen and oxygen atoms in total. The molecule has 0 bridgehead atoms. The Morgan fingerprint density at radius 1 is 1.03 bits per heavy atom. The summed E-state index contributed by atoms with van der Waals surface area (Å²) in [7, 11) is 0. The van der Waals surface area contributed by atoms with E-state index in [1.165, 1.54) is 5.56 Å². The van der Waals surface area contributed by atoms with E-state index in [-0.39, 0.29) is 0 Å². The summed E-state index contributed by atoms with van der Waals surface area (Å²) < 4.78 is 2.27. The average molecular weight is 405 g/mol. The van der Waals surface area contributed by atoms with Gasteiger partial charge in [0.05, 0.1) is 5.52 Å². The Morgan fingerprint density at radius 3 is 2.55 bits per heavy atom. The van der Waals surface area contributed by atoms with Crippen molar-refractivity contribution in [3.05, 3.63) is 81.9 Å². The van der Waals surface area contributed by atoms with Crippen LogP contribution in [0.15, 0.2) is 54.6 Å². The van der Waals surface area contributed by atoms with Gasteiger partial charge >= 0.3 is 0 Å². The number of aromatic nitrogens is 1. The molecule has 4 rings (SSSR count). The number of fused-ring (bicyclic) bond motifs is 3. The molecular weight excluding hydrogens is 380 g/mol. The molecule has 0 spiro atoms. The molecule has 1 heterocycles. The highest BCUT2D eigenvalue weighted by molar-refractivity contribution is 6.31. The number of halogens is 1. The smallest absolute Gasteiger partial charge is 0.249 e. The zero-order chi connectivity index (χ0) is 20.5. The van der Waals surface area contributed by atoms with Crippen molar-refractivity contribution in [2.24, 2.45) is 5.73 Å². The maximum absolute atomic E-state index is 12.1. The first-order valence-electron chi connectivity index (χ1n) is 10.1. The van der Waals surface area contributed by atoms with Crippen molar-refractivity contribution >= 4 is 39.3 Å². The fourth-order valence-corrected chi connectivity index (χ4v) is 4.22. The summed E-state index contributed by atoms with van der Waals surface area (Å²) in [5, 5.41) is 2.76. The molecule has 148 valence electrons. The number of hydrogen-bond acceptors (Lipinski definition) is 1. The molecule has 1 amide bonds. The van der Waals surface area contributed by atoms with E-state index in [1.807, 2.05) is 31.2 Å². The van der Waals surface area contributed by atoms with Crippen molar-refractivity contribution in [3.8, 4) is 0 Å². The van der Waals surface area contributed by atoms with Crippen LogP contribution in [0.3, 0.4) is 0 Å². The van der Waals surface area contributed by atoms with E-state index in [9.17, 15) is 4.79 Å². The molecule has 4 aromatic rings. The molecule has 2 N–H and O–H groups in total. The summed E-state index contributed by atoms with van der Waals surface area (Å²) in [6.45, 7) is 4.89. The van der Waals surface area contributed by atoms with Crippen molar-refractivity contribution in [1.29, 1.82) is 0 Å². The van der Waals surface area contributed by atoms with Gasteiger partial charge in [-0.25, -0.2) is 0 Å². The predicted octanol–water partition coefficient (Wildman–Crippen LogP) is 6.25. The number of benzene rings is 3. The van der Waals surface area contributed by atoms with E-state index < -0.39 is 5.91 Å². The van der Waals surface area contributed by atoms with Gasteiger partial charge in [0.1, 0.15) is 0 Å². The summed E-state index contributed by atoms with van der Waals surface area (Å²) in [6.07, 6.45) is 3.37. The first-order valence-corrected chi connectivity index (χ1v) is 10.5. The van der Waals surface area contributed by atoms with Gasteiger partial charge in [-0.15, -0.1) is 0 Å². The molecule has 0 radical (unpaired) electrons. The Hall–Kier alpha value is -2.78. The van der Waals surface area contributed by atoms with E-state index in [1.54, 1.807) is 0 Å². The number of carbonyl (C=O) groups excluding carboxylic acids is 1. The summed E-state index contributed by atoms with van der Waals surface area (Å²) in [6, 6.07) is 18.5. The number of amides is 1. The molecule has 0 aliphatic rings. The standard InChI is InChI=1S/C25H25ClN2O/c1-3-4-6-17-11-12-19-23(14-17)28(15-18-10-9-16(2)21(26)13-18)22-8-5-7-20(24(19)22)25(27)29/h5,7-14H,3-4,6,15H2,1-2H3,(H2,27,29). The SMILES string of the molecule is CCCCc1ccc2c3c(C(N)=O)cccc3n(Cc3ccc(C)c(Cl)c3)c2c1. The number of nitrogens with zero attached hydrogens (tertiary/aromatic N) is 1. The van der Waals surface area contributed by atoms with Gasteiger partial charge in [0.25, 0.3) is 0 Å². The lowest BCUT2D eigenvalue weighted by Gasteiger charge is -2.10. The number of hydrogen-bond donors (Lipinski definition) is 1. The second-order valence-electron chi connectivity index (χ2n) is 7.69. The minimum atomic E-state index is -0.400. The maximum Gasteiger partial charge on any atom is 0.249 e. The van der Waals surface area contributed by atoms with Crippen LogP contribution in [0.1, 0.15) is 46.8 Å². The maximum atomic E-state index is 12.1. The van der Waals surface area contributed by atoms with Crippen molar-refractivity contribution < 1.29 is 4.79 Å². The molecule has 0 aliphatic carbocycles. The summed E-state index contributed by atoms with van der Waals surface area (Å²) >= 11 is 6.37. The van der Waals surface area contributed by atoms with Crippen molar-refractivity contribution in [1.82, 2.24) is 4.57 Å². The van der Waals surface area contributed by atoms with Crippen LogP contribution in [0.2, 0.25) is 5.02 Å². The van der Waals surface area contributed by atoms with E-state index in [0.717, 1.165) is 57.2 Å². The Morgan fingerprint density at radius 2 is 1.83 bits per heavy atom. The van der Waals surface area contributed by atoms with Crippen LogP contribution in [0.4, 0.5) is 0 Å². The summed E-state index contributed by atoms with van der Waals surface area (Å²) in [4.78, 5) is 12.1. The monoisotopic (exact) mass is 404 g/mol. The van der Waals surface area contributed by atoms with Gasteiger partial charge in [-0.3, -0.25) is 4.79 Å². The second kappa shape index (κ2) is 7.92. The van der Waals surface area contributed by atoms with E-state index >= 15 is 0 Å². The lowest BCUT2D eigenvalue weighted by molar-refractivity contribution is 0.100. The topological polar surface area (TPSA) is 48.0 Å². The molecule has 0 saturated heterocycles. The lowest BCUT2D eigenvalue weighted by Crippen LogP contribution is -2.11. The zero-order valence-corrected chi connectivity index (χ0v) is 17.6. The van der Waals surface area contributed by atoms with Gasteiger partial charge in [0.15, 0.2) is 0 Å². The minimum Gasteiger partial charge on any atom is -0.366 e. The van der Waals surface area contributed by atoms with Crippen LogP contribution in [0.5, 0.6) is 0 Å². The van der Waals surface area contributed by atoms with Crippen LogP contribution in [-0.4, -0.2) is 10.5 Å². The van der Waals surface area contributed by atoms with Crippen LogP contribution in [0, 0.1) is 6.92 Å². The van der Waals surface area contributed by atoms with Crippen LogP contribution < -0.4 is 5.73 Å². The highest BCUT2D eigenvalue weighted by atomic mass is 35.5. The molecule has 3 aromatic carbocycles. The van der Waals surface area contributed by atoms with Gasteiger partial charge in [-0.05, 0) is 60.7 Å². The number of nitrogens with two attached hydrogens (primary N) is 1. The number of primary amides is 1. The minimum absolute atomic E-state index is 0.400. The van der Waals surface area contributed by atoms with Crippen LogP contribution in [-0.2, 0) is 13.0 Å². The highest BCUT2D eigenvalue weighted by Gasteiger charge is 2.17. The molecule has 0 atom stereocenters. The molecule has 0 aliphatic heterocycles. The Bertz CT molecular complexity index is 1220. The molecule has 0 fully saturated rings. The first-order chi connectivity index (χ1) is 14.0.